The maximum absolute atomic E-state index is 13.2. The molecule has 1 aliphatic rings. The summed E-state index contributed by atoms with van der Waals surface area (Å²) in [5.41, 5.74) is 0.757. The van der Waals surface area contributed by atoms with E-state index in [1.807, 2.05) is 4.90 Å². The molecule has 1 saturated heterocycles. The molecular formula is C22H23ClFN3O5S. The van der Waals surface area contributed by atoms with Crippen molar-refractivity contribution in [2.24, 2.45) is 0 Å². The molecule has 0 unspecified atom stereocenters. The van der Waals surface area contributed by atoms with Gasteiger partial charge in [-0.1, -0.05) is 17.7 Å². The van der Waals surface area contributed by atoms with Gasteiger partial charge in [0.2, 0.25) is 10.0 Å². The van der Waals surface area contributed by atoms with Crippen LogP contribution in [0.25, 0.3) is 0 Å². The van der Waals surface area contributed by atoms with Gasteiger partial charge in [0.25, 0.3) is 5.91 Å². The second kappa shape index (κ2) is 10.8. The molecule has 8 nitrogen and oxygen atoms in total. The third kappa shape index (κ3) is 6.10. The van der Waals surface area contributed by atoms with Crippen molar-refractivity contribution < 1.29 is 27.1 Å². The molecular weight excluding hydrogens is 473 g/mol. The van der Waals surface area contributed by atoms with Crippen LogP contribution < -0.4 is 10.2 Å². The Morgan fingerprint density at radius 3 is 2.42 bits per heavy atom. The Kier molecular flexibility index (Phi) is 8.06. The lowest BCUT2D eigenvalue weighted by molar-refractivity contribution is -0.124. The molecule has 33 heavy (non-hydrogen) atoms. The number of halogens is 2. The topological polar surface area (TPSA) is 96.0 Å². The van der Waals surface area contributed by atoms with Crippen LogP contribution in [0.15, 0.2) is 60.0 Å². The molecule has 0 aromatic heterocycles. The van der Waals surface area contributed by atoms with E-state index in [1.165, 1.54) is 34.6 Å². The fourth-order valence-corrected chi connectivity index (χ4v) is 5.18. The Morgan fingerprint density at radius 2 is 1.79 bits per heavy atom. The molecule has 3 rings (SSSR count). The van der Waals surface area contributed by atoms with E-state index in [9.17, 15) is 22.4 Å². The molecule has 0 atom stereocenters. The molecule has 11 heteroatoms. The number of anilines is 1. The minimum absolute atomic E-state index is 0.0313. The predicted molar refractivity (Wildman–Crippen MR) is 122 cm³/mol. The van der Waals surface area contributed by atoms with E-state index in [2.05, 4.69) is 11.9 Å². The Balaban J connectivity index is 1.69. The molecule has 0 saturated carbocycles. The van der Waals surface area contributed by atoms with Crippen molar-refractivity contribution in [2.75, 3.05) is 44.2 Å². The standard InChI is InChI=1S/C22H23ClFN3O5S/c1-2-9-25-21(28)15-32-22(29)16-3-8-19(23)20(14-16)33(30,31)27-12-10-26(11-13-27)18-6-4-17(24)5-7-18/h2-8,14H,1,9-13,15H2,(H,25,28). The van der Waals surface area contributed by atoms with Crippen LogP contribution >= 0.6 is 11.6 Å². The first-order chi connectivity index (χ1) is 15.7. The highest BCUT2D eigenvalue weighted by atomic mass is 35.5. The fourth-order valence-electron chi connectivity index (χ4n) is 3.26. The monoisotopic (exact) mass is 495 g/mol. The Morgan fingerprint density at radius 1 is 1.12 bits per heavy atom. The lowest BCUT2D eigenvalue weighted by Gasteiger charge is -2.35. The summed E-state index contributed by atoms with van der Waals surface area (Å²) >= 11 is 6.15. The molecule has 1 amide bonds. The number of carbonyl (C=O) groups is 2. The van der Waals surface area contributed by atoms with E-state index < -0.39 is 28.5 Å². The Hall–Kier alpha value is -2.95. The third-order valence-electron chi connectivity index (χ3n) is 4.99. The maximum Gasteiger partial charge on any atom is 0.338 e. The lowest BCUT2D eigenvalue weighted by Crippen LogP contribution is -2.48. The average molecular weight is 496 g/mol. The van der Waals surface area contributed by atoms with Gasteiger partial charge in [-0.3, -0.25) is 4.79 Å². The van der Waals surface area contributed by atoms with Crippen LogP contribution in [0.1, 0.15) is 10.4 Å². The number of hydrogen-bond acceptors (Lipinski definition) is 6. The number of sulfonamides is 1. The molecule has 0 aliphatic carbocycles. The zero-order valence-electron chi connectivity index (χ0n) is 17.7. The van der Waals surface area contributed by atoms with Gasteiger partial charge in [-0.05, 0) is 42.5 Å². The van der Waals surface area contributed by atoms with Crippen LogP contribution in [-0.2, 0) is 19.6 Å². The minimum Gasteiger partial charge on any atom is -0.452 e. The van der Waals surface area contributed by atoms with Crippen molar-refractivity contribution in [3.63, 3.8) is 0 Å². The molecule has 176 valence electrons. The van der Waals surface area contributed by atoms with Gasteiger partial charge >= 0.3 is 5.97 Å². The molecule has 1 N–H and O–H groups in total. The first-order valence-electron chi connectivity index (χ1n) is 10.1. The summed E-state index contributed by atoms with van der Waals surface area (Å²) in [6.07, 6.45) is 1.48. The summed E-state index contributed by atoms with van der Waals surface area (Å²) in [6, 6.07) is 9.77. The van der Waals surface area contributed by atoms with Gasteiger partial charge in [-0.15, -0.1) is 6.58 Å². The van der Waals surface area contributed by atoms with E-state index in [-0.39, 0.29) is 40.9 Å². The number of benzene rings is 2. The minimum atomic E-state index is -3.99. The van der Waals surface area contributed by atoms with Crippen LogP contribution in [0.4, 0.5) is 10.1 Å². The number of nitrogens with zero attached hydrogens (tertiary/aromatic N) is 2. The smallest absolute Gasteiger partial charge is 0.338 e. The van der Waals surface area contributed by atoms with Gasteiger partial charge < -0.3 is 15.0 Å². The zero-order valence-corrected chi connectivity index (χ0v) is 19.2. The first-order valence-corrected chi connectivity index (χ1v) is 11.9. The predicted octanol–water partition coefficient (Wildman–Crippen LogP) is 2.45. The molecule has 0 bridgehead atoms. The first kappa shape index (κ1) is 24.7. The molecule has 1 heterocycles. The van der Waals surface area contributed by atoms with Gasteiger partial charge in [0.15, 0.2) is 6.61 Å². The van der Waals surface area contributed by atoms with Crippen molar-refractivity contribution >= 4 is 39.2 Å². The number of piperazine rings is 1. The number of esters is 1. The van der Waals surface area contributed by atoms with E-state index >= 15 is 0 Å². The summed E-state index contributed by atoms with van der Waals surface area (Å²) in [7, 11) is -3.99. The number of rotatable bonds is 8. The molecule has 1 fully saturated rings. The van der Waals surface area contributed by atoms with Crippen LogP contribution in [-0.4, -0.2) is 63.9 Å². The second-order valence-corrected chi connectivity index (χ2v) is 9.50. The normalized spacial score (nSPS) is 14.5. The highest BCUT2D eigenvalue weighted by molar-refractivity contribution is 7.89. The van der Waals surface area contributed by atoms with Crippen molar-refractivity contribution in [3.05, 3.63) is 71.5 Å². The summed E-state index contributed by atoms with van der Waals surface area (Å²) in [5.74, 6) is -1.70. The quantitative estimate of drug-likeness (QED) is 0.446. The number of amides is 1. The van der Waals surface area contributed by atoms with Crippen molar-refractivity contribution in [1.82, 2.24) is 9.62 Å². The highest BCUT2D eigenvalue weighted by Crippen LogP contribution is 2.28. The van der Waals surface area contributed by atoms with E-state index in [1.54, 1.807) is 12.1 Å². The SMILES string of the molecule is C=CCNC(=O)COC(=O)c1ccc(Cl)c(S(=O)(=O)N2CCN(c3ccc(F)cc3)CC2)c1. The molecule has 2 aromatic carbocycles. The van der Waals surface area contributed by atoms with Crippen LogP contribution in [0.3, 0.4) is 0 Å². The van der Waals surface area contributed by atoms with Crippen molar-refractivity contribution in [3.8, 4) is 0 Å². The number of ether oxygens (including phenoxy) is 1. The van der Waals surface area contributed by atoms with E-state index in [0.29, 0.717) is 13.1 Å². The lowest BCUT2D eigenvalue weighted by atomic mass is 10.2. The van der Waals surface area contributed by atoms with Crippen LogP contribution in [0.5, 0.6) is 0 Å². The summed E-state index contributed by atoms with van der Waals surface area (Å²) < 4.78 is 45.8. The van der Waals surface area contributed by atoms with Gasteiger partial charge in [-0.2, -0.15) is 4.31 Å². The molecule has 0 spiro atoms. The number of nitrogens with one attached hydrogen (secondary N) is 1. The molecule has 0 radical (unpaired) electrons. The van der Waals surface area contributed by atoms with E-state index in [4.69, 9.17) is 16.3 Å². The third-order valence-corrected chi connectivity index (χ3v) is 7.37. The zero-order chi connectivity index (χ0) is 24.0. The second-order valence-electron chi connectivity index (χ2n) is 7.18. The van der Waals surface area contributed by atoms with Crippen molar-refractivity contribution in [1.29, 1.82) is 0 Å². The highest BCUT2D eigenvalue weighted by Gasteiger charge is 2.31. The Labute approximate surface area is 196 Å². The summed E-state index contributed by atoms with van der Waals surface area (Å²) in [6.45, 7) is 4.38. The van der Waals surface area contributed by atoms with Crippen LogP contribution in [0.2, 0.25) is 5.02 Å². The molecule has 2 aromatic rings. The van der Waals surface area contributed by atoms with E-state index in [0.717, 1.165) is 11.8 Å². The number of hydrogen-bond donors (Lipinski definition) is 1. The average Bonchev–Trinajstić information content (AvgIpc) is 2.82. The fraction of sp³-hybridized carbons (Fsp3) is 0.273. The van der Waals surface area contributed by atoms with Gasteiger partial charge in [0.05, 0.1) is 10.6 Å². The maximum atomic E-state index is 13.2. The largest absolute Gasteiger partial charge is 0.452 e. The summed E-state index contributed by atoms with van der Waals surface area (Å²) in [5, 5.41) is 2.43. The number of carbonyl (C=O) groups excluding carboxylic acids is 2. The van der Waals surface area contributed by atoms with Gasteiger partial charge in [0, 0.05) is 38.4 Å². The molecule has 1 aliphatic heterocycles. The van der Waals surface area contributed by atoms with Crippen LogP contribution in [0, 0.1) is 5.82 Å². The summed E-state index contributed by atoms with van der Waals surface area (Å²) in [4.78, 5) is 25.6. The van der Waals surface area contributed by atoms with Gasteiger partial charge in [-0.25, -0.2) is 17.6 Å². The van der Waals surface area contributed by atoms with Gasteiger partial charge in [0.1, 0.15) is 10.7 Å². The Bertz CT molecular complexity index is 1130. The van der Waals surface area contributed by atoms with Crippen molar-refractivity contribution in [2.45, 2.75) is 4.90 Å².